The molecule has 1 fully saturated rings. The average Bonchev–Trinajstić information content (AvgIpc) is 2.21. The summed E-state index contributed by atoms with van der Waals surface area (Å²) < 4.78 is 0. The van der Waals surface area contributed by atoms with E-state index in [0.717, 1.165) is 0 Å². The molecule has 0 aromatic carbocycles. The van der Waals surface area contributed by atoms with Gasteiger partial charge >= 0.3 is 0 Å². The van der Waals surface area contributed by atoms with Crippen LogP contribution in [0.2, 0.25) is 0 Å². The summed E-state index contributed by atoms with van der Waals surface area (Å²) in [7, 11) is 0. The second-order valence-corrected chi connectivity index (χ2v) is 5.16. The van der Waals surface area contributed by atoms with E-state index in [9.17, 15) is 4.79 Å². The van der Waals surface area contributed by atoms with Crippen molar-refractivity contribution >= 4 is 5.91 Å². The largest absolute Gasteiger partial charge is 0.354 e. The number of hydrogen-bond acceptors (Lipinski definition) is 1. The van der Waals surface area contributed by atoms with Gasteiger partial charge in [-0.1, -0.05) is 57.8 Å². The summed E-state index contributed by atoms with van der Waals surface area (Å²) in [6.07, 6.45) is 14.6. The molecule has 16 heavy (non-hydrogen) atoms. The number of carbonyl (C=O) groups is 1. The van der Waals surface area contributed by atoms with E-state index in [1.54, 1.807) is 6.92 Å². The summed E-state index contributed by atoms with van der Waals surface area (Å²) in [5.74, 6) is 0.136. The topological polar surface area (TPSA) is 29.1 Å². The maximum atomic E-state index is 11.1. The molecule has 0 spiro atoms. The summed E-state index contributed by atoms with van der Waals surface area (Å²) >= 11 is 0. The predicted molar refractivity (Wildman–Crippen MR) is 68.4 cm³/mol. The molecule has 0 radical (unpaired) electrons. The van der Waals surface area contributed by atoms with Crippen molar-refractivity contribution in [3.8, 4) is 0 Å². The van der Waals surface area contributed by atoms with Gasteiger partial charge in [0.25, 0.3) is 0 Å². The molecule has 1 aliphatic carbocycles. The van der Waals surface area contributed by atoms with Gasteiger partial charge in [0.2, 0.25) is 5.91 Å². The van der Waals surface area contributed by atoms with Crippen LogP contribution < -0.4 is 5.32 Å². The first-order valence-corrected chi connectivity index (χ1v) is 7.06. The van der Waals surface area contributed by atoms with Crippen LogP contribution in [0.3, 0.4) is 0 Å². The van der Waals surface area contributed by atoms with E-state index in [0.29, 0.717) is 6.04 Å². The maximum Gasteiger partial charge on any atom is 0.217 e. The summed E-state index contributed by atoms with van der Waals surface area (Å²) in [5, 5.41) is 3.09. The van der Waals surface area contributed by atoms with Crippen molar-refractivity contribution < 1.29 is 4.79 Å². The van der Waals surface area contributed by atoms with Gasteiger partial charge in [0.1, 0.15) is 0 Å². The van der Waals surface area contributed by atoms with Crippen molar-refractivity contribution in [3.63, 3.8) is 0 Å². The predicted octanol–water partition coefficient (Wildman–Crippen LogP) is 3.80. The quantitative estimate of drug-likeness (QED) is 0.722. The molecule has 0 saturated heterocycles. The molecule has 2 nitrogen and oxygen atoms in total. The molecule has 1 amide bonds. The molecule has 1 rings (SSSR count). The first-order chi connectivity index (χ1) is 7.79. The third-order valence-electron chi connectivity index (χ3n) is 3.51. The Bertz CT molecular complexity index is 179. The van der Waals surface area contributed by atoms with Gasteiger partial charge in [-0.3, -0.25) is 4.79 Å². The Balaban J connectivity index is 2.27. The molecule has 94 valence electrons. The van der Waals surface area contributed by atoms with Crippen LogP contribution in [-0.2, 0) is 4.79 Å². The molecule has 1 saturated carbocycles. The van der Waals surface area contributed by atoms with Crippen LogP contribution in [0.4, 0.5) is 0 Å². The minimum Gasteiger partial charge on any atom is -0.354 e. The van der Waals surface area contributed by atoms with E-state index in [1.807, 2.05) is 0 Å². The van der Waals surface area contributed by atoms with E-state index in [4.69, 9.17) is 0 Å². The van der Waals surface area contributed by atoms with Crippen molar-refractivity contribution in [2.45, 2.75) is 83.6 Å². The molecule has 0 heterocycles. The van der Waals surface area contributed by atoms with Crippen LogP contribution in [0.25, 0.3) is 0 Å². The van der Waals surface area contributed by atoms with Gasteiger partial charge < -0.3 is 5.32 Å². The molecule has 0 aromatic rings. The van der Waals surface area contributed by atoms with Gasteiger partial charge in [-0.05, 0) is 12.8 Å². The zero-order valence-electron chi connectivity index (χ0n) is 10.8. The van der Waals surface area contributed by atoms with Crippen molar-refractivity contribution in [1.29, 1.82) is 0 Å². The summed E-state index contributed by atoms with van der Waals surface area (Å²) in [5.41, 5.74) is 0. The second kappa shape index (κ2) is 8.60. The molecular weight excluding hydrogens is 198 g/mol. The molecule has 0 bridgehead atoms. The summed E-state index contributed by atoms with van der Waals surface area (Å²) in [6.45, 7) is 1.64. The van der Waals surface area contributed by atoms with Crippen LogP contribution in [0.5, 0.6) is 0 Å². The zero-order chi connectivity index (χ0) is 11.6. The van der Waals surface area contributed by atoms with Gasteiger partial charge in [0.15, 0.2) is 0 Å². The smallest absolute Gasteiger partial charge is 0.217 e. The minimum absolute atomic E-state index is 0.136. The summed E-state index contributed by atoms with van der Waals surface area (Å²) in [4.78, 5) is 11.1. The fourth-order valence-electron chi connectivity index (χ4n) is 2.60. The van der Waals surface area contributed by atoms with Gasteiger partial charge in [0, 0.05) is 13.0 Å². The molecule has 1 N–H and O–H groups in total. The van der Waals surface area contributed by atoms with E-state index >= 15 is 0 Å². The minimum atomic E-state index is 0.136. The number of rotatable bonds is 1. The molecule has 1 aliphatic rings. The molecule has 0 aliphatic heterocycles. The number of amides is 1. The van der Waals surface area contributed by atoms with Crippen LogP contribution in [0.1, 0.15) is 77.6 Å². The number of nitrogens with one attached hydrogen (secondary N) is 1. The lowest BCUT2D eigenvalue weighted by atomic mass is 9.98. The Hall–Kier alpha value is -0.530. The SMILES string of the molecule is CC(=O)NC1CCCCCCCCCCC1. The van der Waals surface area contributed by atoms with Crippen molar-refractivity contribution in [2.24, 2.45) is 0 Å². The summed E-state index contributed by atoms with van der Waals surface area (Å²) in [6, 6.07) is 0.442. The fourth-order valence-corrected chi connectivity index (χ4v) is 2.60. The van der Waals surface area contributed by atoms with Crippen molar-refractivity contribution in [2.75, 3.05) is 0 Å². The second-order valence-electron chi connectivity index (χ2n) is 5.16. The zero-order valence-corrected chi connectivity index (χ0v) is 10.8. The Kier molecular flexibility index (Phi) is 7.28. The van der Waals surface area contributed by atoms with E-state index in [2.05, 4.69) is 5.32 Å². The third kappa shape index (κ3) is 6.86. The highest BCUT2D eigenvalue weighted by molar-refractivity contribution is 5.73. The third-order valence-corrected chi connectivity index (χ3v) is 3.51. The van der Waals surface area contributed by atoms with Gasteiger partial charge in [0.05, 0.1) is 0 Å². The lowest BCUT2D eigenvalue weighted by molar-refractivity contribution is -0.119. The van der Waals surface area contributed by atoms with Gasteiger partial charge in [-0.2, -0.15) is 0 Å². The van der Waals surface area contributed by atoms with Crippen molar-refractivity contribution in [1.82, 2.24) is 5.32 Å². The highest BCUT2D eigenvalue weighted by Crippen LogP contribution is 2.16. The standard InChI is InChI=1S/C14H27NO/c1-13(16)15-14-11-9-7-5-3-2-4-6-8-10-12-14/h14H,2-12H2,1H3,(H,15,16). The molecule has 0 aromatic heterocycles. The Morgan fingerprint density at radius 3 is 1.56 bits per heavy atom. The number of carbonyl (C=O) groups excluding carboxylic acids is 1. The lowest BCUT2D eigenvalue weighted by Gasteiger charge is -2.18. The van der Waals surface area contributed by atoms with Crippen LogP contribution in [0, 0.1) is 0 Å². The number of hydrogen-bond donors (Lipinski definition) is 1. The molecular formula is C14H27NO. The van der Waals surface area contributed by atoms with Crippen LogP contribution >= 0.6 is 0 Å². The Labute approximate surface area is 100 Å². The Morgan fingerprint density at radius 2 is 1.19 bits per heavy atom. The normalized spacial score (nSPS) is 21.8. The van der Waals surface area contributed by atoms with E-state index in [-0.39, 0.29) is 5.91 Å². The maximum absolute atomic E-state index is 11.1. The molecule has 0 atom stereocenters. The van der Waals surface area contributed by atoms with Crippen molar-refractivity contribution in [3.05, 3.63) is 0 Å². The highest BCUT2D eigenvalue weighted by Gasteiger charge is 2.09. The lowest BCUT2D eigenvalue weighted by Crippen LogP contribution is -2.33. The fraction of sp³-hybridized carbons (Fsp3) is 0.929. The van der Waals surface area contributed by atoms with Gasteiger partial charge in [-0.15, -0.1) is 0 Å². The Morgan fingerprint density at radius 1 is 0.812 bits per heavy atom. The van der Waals surface area contributed by atoms with Gasteiger partial charge in [-0.25, -0.2) is 0 Å². The average molecular weight is 225 g/mol. The highest BCUT2D eigenvalue weighted by atomic mass is 16.1. The van der Waals surface area contributed by atoms with E-state index in [1.165, 1.54) is 70.6 Å². The van der Waals surface area contributed by atoms with Crippen LogP contribution in [0.15, 0.2) is 0 Å². The molecule has 2 heteroatoms. The monoisotopic (exact) mass is 225 g/mol. The first kappa shape index (κ1) is 13.5. The van der Waals surface area contributed by atoms with Crippen LogP contribution in [-0.4, -0.2) is 11.9 Å². The molecule has 0 unspecified atom stereocenters. The van der Waals surface area contributed by atoms with E-state index < -0.39 is 0 Å². The first-order valence-electron chi connectivity index (χ1n) is 7.06.